The molecule has 0 aromatic rings. The van der Waals surface area contributed by atoms with Gasteiger partial charge in [-0.3, -0.25) is 4.79 Å². The lowest BCUT2D eigenvalue weighted by molar-refractivity contribution is -0.124. The summed E-state index contributed by atoms with van der Waals surface area (Å²) in [6, 6.07) is 0.661. The zero-order valence-corrected chi connectivity index (χ0v) is 10.3. The molecule has 0 aromatic heterocycles. The molecular formula is C13H24N2O. The van der Waals surface area contributed by atoms with Crippen molar-refractivity contribution in [3.05, 3.63) is 0 Å². The van der Waals surface area contributed by atoms with Crippen LogP contribution < -0.4 is 10.6 Å². The minimum atomic E-state index is 0.0805. The standard InChI is InChI=1S/C13H24N2O/c1-2-10-5-7-11(8-6-10)15-12-4-3-9-14-13(12)16/h10-12,15H,2-9H2,1H3,(H,14,16). The molecule has 0 radical (unpaired) electrons. The van der Waals surface area contributed by atoms with Crippen LogP contribution >= 0.6 is 0 Å². The van der Waals surface area contributed by atoms with Crippen molar-refractivity contribution >= 4 is 5.91 Å². The van der Waals surface area contributed by atoms with Crippen molar-refractivity contribution < 1.29 is 4.79 Å². The van der Waals surface area contributed by atoms with Gasteiger partial charge in [0, 0.05) is 12.6 Å². The number of nitrogens with one attached hydrogen (secondary N) is 2. The molecule has 0 spiro atoms. The van der Waals surface area contributed by atoms with E-state index in [9.17, 15) is 4.79 Å². The predicted octanol–water partition coefficient (Wildman–Crippen LogP) is 1.82. The second kappa shape index (κ2) is 5.67. The molecule has 3 nitrogen and oxygen atoms in total. The lowest BCUT2D eigenvalue weighted by Gasteiger charge is -2.32. The molecule has 2 N–H and O–H groups in total. The summed E-state index contributed by atoms with van der Waals surface area (Å²) < 4.78 is 0. The Balaban J connectivity index is 1.75. The van der Waals surface area contributed by atoms with Gasteiger partial charge in [-0.15, -0.1) is 0 Å². The average molecular weight is 224 g/mol. The molecule has 1 aliphatic heterocycles. The van der Waals surface area contributed by atoms with Gasteiger partial charge in [-0.2, -0.15) is 0 Å². The molecule has 0 aromatic carbocycles. The highest BCUT2D eigenvalue weighted by Crippen LogP contribution is 2.27. The Kier molecular flexibility index (Phi) is 4.22. The second-order valence-corrected chi connectivity index (χ2v) is 5.28. The van der Waals surface area contributed by atoms with Crippen LogP contribution in [0.1, 0.15) is 51.9 Å². The third-order valence-corrected chi connectivity index (χ3v) is 4.15. The first-order chi connectivity index (χ1) is 7.79. The van der Waals surface area contributed by atoms with Crippen LogP contribution in [0.3, 0.4) is 0 Å². The van der Waals surface area contributed by atoms with E-state index >= 15 is 0 Å². The summed E-state index contributed by atoms with van der Waals surface area (Å²) in [5.41, 5.74) is 0. The maximum Gasteiger partial charge on any atom is 0.237 e. The van der Waals surface area contributed by atoms with Gasteiger partial charge in [0.1, 0.15) is 0 Å². The molecule has 1 aliphatic carbocycles. The summed E-state index contributed by atoms with van der Waals surface area (Å²) in [7, 11) is 0. The summed E-state index contributed by atoms with van der Waals surface area (Å²) in [5.74, 6) is 1.14. The summed E-state index contributed by atoms with van der Waals surface area (Å²) in [4.78, 5) is 11.6. The van der Waals surface area contributed by atoms with E-state index in [-0.39, 0.29) is 11.9 Å². The Hall–Kier alpha value is -0.570. The Labute approximate surface area is 98.4 Å². The fraction of sp³-hybridized carbons (Fsp3) is 0.923. The fourth-order valence-corrected chi connectivity index (χ4v) is 2.95. The van der Waals surface area contributed by atoms with Crippen LogP contribution in [-0.4, -0.2) is 24.5 Å². The molecule has 1 saturated heterocycles. The van der Waals surface area contributed by atoms with Gasteiger partial charge < -0.3 is 10.6 Å². The van der Waals surface area contributed by atoms with Crippen molar-refractivity contribution in [1.29, 1.82) is 0 Å². The second-order valence-electron chi connectivity index (χ2n) is 5.28. The van der Waals surface area contributed by atoms with Gasteiger partial charge in [-0.1, -0.05) is 13.3 Å². The van der Waals surface area contributed by atoms with Gasteiger partial charge in [0.25, 0.3) is 0 Å². The molecule has 1 unspecified atom stereocenters. The first kappa shape index (κ1) is 11.9. The number of hydrogen-bond acceptors (Lipinski definition) is 2. The third kappa shape index (κ3) is 2.97. The van der Waals surface area contributed by atoms with Gasteiger partial charge in [-0.05, 0) is 44.4 Å². The van der Waals surface area contributed by atoms with Crippen LogP contribution in [0.5, 0.6) is 0 Å². The molecule has 2 fully saturated rings. The van der Waals surface area contributed by atoms with Crippen LogP contribution in [-0.2, 0) is 4.79 Å². The topological polar surface area (TPSA) is 41.1 Å². The van der Waals surface area contributed by atoms with Crippen LogP contribution in [0.15, 0.2) is 0 Å². The first-order valence-corrected chi connectivity index (χ1v) is 6.83. The molecule has 2 rings (SSSR count). The number of carbonyl (C=O) groups excluding carboxylic acids is 1. The van der Waals surface area contributed by atoms with E-state index in [1.165, 1.54) is 32.1 Å². The molecular weight excluding hydrogens is 200 g/mol. The quantitative estimate of drug-likeness (QED) is 0.768. The van der Waals surface area contributed by atoms with E-state index in [1.807, 2.05) is 0 Å². The van der Waals surface area contributed by atoms with Crippen molar-refractivity contribution in [2.45, 2.75) is 64.0 Å². The monoisotopic (exact) mass is 224 g/mol. The van der Waals surface area contributed by atoms with Crippen molar-refractivity contribution in [1.82, 2.24) is 10.6 Å². The van der Waals surface area contributed by atoms with Crippen LogP contribution in [0.2, 0.25) is 0 Å². The minimum absolute atomic E-state index is 0.0805. The van der Waals surface area contributed by atoms with E-state index < -0.39 is 0 Å². The van der Waals surface area contributed by atoms with Crippen LogP contribution in [0.25, 0.3) is 0 Å². The van der Waals surface area contributed by atoms with E-state index in [4.69, 9.17) is 0 Å². The van der Waals surface area contributed by atoms with Crippen molar-refractivity contribution in [3.63, 3.8) is 0 Å². The Morgan fingerprint density at radius 1 is 1.25 bits per heavy atom. The zero-order valence-electron chi connectivity index (χ0n) is 10.3. The highest BCUT2D eigenvalue weighted by Gasteiger charge is 2.27. The van der Waals surface area contributed by atoms with E-state index in [2.05, 4.69) is 17.6 Å². The number of amides is 1. The summed E-state index contributed by atoms with van der Waals surface area (Å²) >= 11 is 0. The Morgan fingerprint density at radius 2 is 2.00 bits per heavy atom. The van der Waals surface area contributed by atoms with Gasteiger partial charge in [-0.25, -0.2) is 0 Å². The molecule has 3 heteroatoms. The predicted molar refractivity (Wildman–Crippen MR) is 65.2 cm³/mol. The molecule has 2 aliphatic rings. The van der Waals surface area contributed by atoms with Crippen LogP contribution in [0.4, 0.5) is 0 Å². The highest BCUT2D eigenvalue weighted by molar-refractivity contribution is 5.82. The Morgan fingerprint density at radius 3 is 2.62 bits per heavy atom. The molecule has 1 heterocycles. The first-order valence-electron chi connectivity index (χ1n) is 6.83. The summed E-state index contributed by atoms with van der Waals surface area (Å²) in [6.07, 6.45) is 8.62. The largest absolute Gasteiger partial charge is 0.355 e. The summed E-state index contributed by atoms with van der Waals surface area (Å²) in [6.45, 7) is 3.15. The van der Waals surface area contributed by atoms with Crippen LogP contribution in [0, 0.1) is 5.92 Å². The lowest BCUT2D eigenvalue weighted by Crippen LogP contribution is -2.52. The SMILES string of the molecule is CCC1CCC(NC2CCCNC2=O)CC1. The van der Waals surface area contributed by atoms with E-state index in [0.29, 0.717) is 6.04 Å². The van der Waals surface area contributed by atoms with Crippen molar-refractivity contribution in [2.75, 3.05) is 6.54 Å². The normalized spacial score (nSPS) is 35.8. The van der Waals surface area contributed by atoms with Crippen molar-refractivity contribution in [3.8, 4) is 0 Å². The number of carbonyl (C=O) groups is 1. The number of piperidine rings is 1. The maximum atomic E-state index is 11.6. The lowest BCUT2D eigenvalue weighted by atomic mass is 9.84. The van der Waals surface area contributed by atoms with Gasteiger partial charge in [0.2, 0.25) is 5.91 Å². The highest BCUT2D eigenvalue weighted by atomic mass is 16.2. The van der Waals surface area contributed by atoms with Gasteiger partial charge in [0.05, 0.1) is 6.04 Å². The Bertz CT molecular complexity index is 234. The molecule has 1 saturated carbocycles. The molecule has 92 valence electrons. The minimum Gasteiger partial charge on any atom is -0.355 e. The number of hydrogen-bond donors (Lipinski definition) is 2. The maximum absolute atomic E-state index is 11.6. The molecule has 1 amide bonds. The fourth-order valence-electron chi connectivity index (χ4n) is 2.95. The third-order valence-electron chi connectivity index (χ3n) is 4.15. The van der Waals surface area contributed by atoms with Gasteiger partial charge >= 0.3 is 0 Å². The van der Waals surface area contributed by atoms with E-state index in [0.717, 1.165) is 25.3 Å². The summed E-state index contributed by atoms with van der Waals surface area (Å²) in [5, 5.41) is 6.48. The molecule has 0 bridgehead atoms. The van der Waals surface area contributed by atoms with E-state index in [1.54, 1.807) is 0 Å². The number of rotatable bonds is 3. The molecule has 1 atom stereocenters. The molecule has 16 heavy (non-hydrogen) atoms. The van der Waals surface area contributed by atoms with Crippen molar-refractivity contribution in [2.24, 2.45) is 5.92 Å². The average Bonchev–Trinajstić information content (AvgIpc) is 2.33. The smallest absolute Gasteiger partial charge is 0.237 e. The zero-order chi connectivity index (χ0) is 11.4. The van der Waals surface area contributed by atoms with Gasteiger partial charge in [0.15, 0.2) is 0 Å².